The summed E-state index contributed by atoms with van der Waals surface area (Å²) in [6.07, 6.45) is 1.78. The zero-order valence-corrected chi connectivity index (χ0v) is 17.7. The summed E-state index contributed by atoms with van der Waals surface area (Å²) in [5.41, 5.74) is 4.32. The van der Waals surface area contributed by atoms with Gasteiger partial charge in [-0.3, -0.25) is 10.2 Å². The van der Waals surface area contributed by atoms with Crippen LogP contribution in [0.15, 0.2) is 52.9 Å². The molecule has 0 aliphatic heterocycles. The van der Waals surface area contributed by atoms with E-state index >= 15 is 0 Å². The maximum Gasteiger partial charge on any atom is 0.311 e. The first-order chi connectivity index (χ1) is 14.0. The fraction of sp³-hybridized carbons (Fsp3) is 0.150. The van der Waals surface area contributed by atoms with Gasteiger partial charge >= 0.3 is 5.97 Å². The number of benzene rings is 2. The van der Waals surface area contributed by atoms with Crippen LogP contribution >= 0.6 is 34.5 Å². The third-order valence-corrected chi connectivity index (χ3v) is 4.72. The monoisotopic (exact) mass is 449 g/mol. The molecule has 1 N–H and O–H groups in total. The molecule has 0 radical (unpaired) electrons. The van der Waals surface area contributed by atoms with Gasteiger partial charge in [-0.2, -0.15) is 5.10 Å². The molecule has 0 aliphatic rings. The number of rotatable bonds is 8. The number of hydrogen-bond donors (Lipinski definition) is 1. The molecule has 0 unspecified atom stereocenters. The van der Waals surface area contributed by atoms with Gasteiger partial charge in [-0.1, -0.05) is 35.3 Å². The van der Waals surface area contributed by atoms with Crippen molar-refractivity contribution in [3.05, 3.63) is 69.1 Å². The van der Waals surface area contributed by atoms with Crippen molar-refractivity contribution in [2.45, 2.75) is 13.3 Å². The van der Waals surface area contributed by atoms with Gasteiger partial charge in [0.2, 0.25) is 5.13 Å². The highest BCUT2D eigenvalue weighted by molar-refractivity contribution is 7.13. The van der Waals surface area contributed by atoms with E-state index in [0.29, 0.717) is 39.0 Å². The van der Waals surface area contributed by atoms with E-state index < -0.39 is 0 Å². The Labute approximate surface area is 182 Å². The number of hydrazone groups is 1. The molecule has 1 heterocycles. The van der Waals surface area contributed by atoms with Gasteiger partial charge in [0.1, 0.15) is 11.5 Å². The normalized spacial score (nSPS) is 10.9. The Hall–Kier alpha value is -2.61. The van der Waals surface area contributed by atoms with Crippen molar-refractivity contribution in [3.8, 4) is 11.5 Å². The number of ether oxygens (including phenoxy) is 2. The number of carbonyl (C=O) groups excluding carboxylic acids is 1. The molecule has 6 nitrogen and oxygen atoms in total. The molecule has 1 aromatic heterocycles. The predicted molar refractivity (Wildman–Crippen MR) is 117 cm³/mol. The number of halogens is 2. The number of nitrogens with zero attached hydrogens (tertiary/aromatic N) is 2. The third-order valence-electron chi connectivity index (χ3n) is 3.49. The molecule has 3 aromatic rings. The lowest BCUT2D eigenvalue weighted by Gasteiger charge is -2.07. The number of thiazole rings is 1. The predicted octanol–water partition coefficient (Wildman–Crippen LogP) is 5.79. The molecule has 0 bridgehead atoms. The second kappa shape index (κ2) is 10.2. The summed E-state index contributed by atoms with van der Waals surface area (Å²) < 4.78 is 10.7. The van der Waals surface area contributed by atoms with Crippen LogP contribution in [0.3, 0.4) is 0 Å². The van der Waals surface area contributed by atoms with Crippen molar-refractivity contribution in [1.29, 1.82) is 0 Å². The number of carbonyl (C=O) groups is 1. The van der Waals surface area contributed by atoms with E-state index in [2.05, 4.69) is 15.5 Å². The molecule has 0 fully saturated rings. The fourth-order valence-electron chi connectivity index (χ4n) is 2.34. The van der Waals surface area contributed by atoms with Crippen LogP contribution in [0, 0.1) is 0 Å². The number of aromatic nitrogens is 1. The molecular weight excluding hydrogens is 433 g/mol. The average Bonchev–Trinajstić information content (AvgIpc) is 3.08. The molecule has 3 rings (SSSR count). The Morgan fingerprint density at radius 1 is 1.21 bits per heavy atom. The van der Waals surface area contributed by atoms with E-state index in [0.717, 1.165) is 5.56 Å². The Morgan fingerprint density at radius 3 is 2.76 bits per heavy atom. The summed E-state index contributed by atoms with van der Waals surface area (Å²) in [6, 6.07) is 12.4. The topological polar surface area (TPSA) is 72.8 Å². The second-order valence-corrected chi connectivity index (χ2v) is 7.51. The molecular formula is C20H17Cl2N3O3S. The summed E-state index contributed by atoms with van der Waals surface area (Å²) in [5.74, 6) is 0.871. The lowest BCUT2D eigenvalue weighted by molar-refractivity contribution is -0.142. The lowest BCUT2D eigenvalue weighted by Crippen LogP contribution is -2.07. The van der Waals surface area contributed by atoms with Gasteiger partial charge in [-0.05, 0) is 42.8 Å². The smallest absolute Gasteiger partial charge is 0.311 e. The Bertz CT molecular complexity index is 1000. The van der Waals surface area contributed by atoms with E-state index in [-0.39, 0.29) is 12.4 Å². The molecule has 29 heavy (non-hydrogen) atoms. The summed E-state index contributed by atoms with van der Waals surface area (Å²) in [4.78, 5) is 15.8. The Kier molecular flexibility index (Phi) is 7.46. The van der Waals surface area contributed by atoms with Crippen molar-refractivity contribution in [3.63, 3.8) is 0 Å². The van der Waals surface area contributed by atoms with Crippen molar-refractivity contribution in [2.75, 3.05) is 12.0 Å². The van der Waals surface area contributed by atoms with Gasteiger partial charge in [-0.25, -0.2) is 4.98 Å². The minimum atomic E-state index is -0.300. The van der Waals surface area contributed by atoms with Crippen molar-refractivity contribution >= 4 is 51.9 Å². The fourth-order valence-corrected chi connectivity index (χ4v) is 3.51. The number of anilines is 1. The number of nitrogens with one attached hydrogen (secondary N) is 1. The van der Waals surface area contributed by atoms with E-state index in [1.807, 2.05) is 24.3 Å². The van der Waals surface area contributed by atoms with E-state index in [1.54, 1.807) is 36.7 Å². The largest absolute Gasteiger partial charge is 0.466 e. The molecule has 0 atom stereocenters. The maximum atomic E-state index is 11.5. The maximum absolute atomic E-state index is 11.5. The summed E-state index contributed by atoms with van der Waals surface area (Å²) in [5, 5.41) is 7.55. The SMILES string of the molecule is CCOC(=O)Cc1csc(NN=Cc2cccc(Oc3cc(Cl)cc(Cl)c3)c2)n1. The zero-order valence-electron chi connectivity index (χ0n) is 15.4. The Balaban J connectivity index is 1.59. The van der Waals surface area contributed by atoms with Crippen molar-refractivity contribution < 1.29 is 14.3 Å². The van der Waals surface area contributed by atoms with Crippen LogP contribution in [0.25, 0.3) is 0 Å². The zero-order chi connectivity index (χ0) is 20.6. The van der Waals surface area contributed by atoms with Crippen LogP contribution < -0.4 is 10.2 Å². The van der Waals surface area contributed by atoms with Crippen molar-refractivity contribution in [1.82, 2.24) is 4.98 Å². The quantitative estimate of drug-likeness (QED) is 0.267. The molecule has 0 aliphatic carbocycles. The summed E-state index contributed by atoms with van der Waals surface area (Å²) >= 11 is 13.3. The van der Waals surface area contributed by atoms with Crippen LogP contribution in [-0.4, -0.2) is 23.8 Å². The second-order valence-electron chi connectivity index (χ2n) is 5.78. The average molecular weight is 450 g/mol. The van der Waals surface area contributed by atoms with Gasteiger partial charge < -0.3 is 9.47 Å². The van der Waals surface area contributed by atoms with Crippen LogP contribution in [0.4, 0.5) is 5.13 Å². The first-order valence-electron chi connectivity index (χ1n) is 8.65. The molecule has 150 valence electrons. The van der Waals surface area contributed by atoms with E-state index in [4.69, 9.17) is 32.7 Å². The van der Waals surface area contributed by atoms with Gasteiger partial charge in [0.15, 0.2) is 0 Å². The molecule has 0 spiro atoms. The molecule has 9 heteroatoms. The minimum Gasteiger partial charge on any atom is -0.466 e. The van der Waals surface area contributed by atoms with Crippen LogP contribution in [0.1, 0.15) is 18.2 Å². The van der Waals surface area contributed by atoms with Crippen LogP contribution in [0.2, 0.25) is 10.0 Å². The first kappa shape index (κ1) is 21.1. The van der Waals surface area contributed by atoms with Crippen molar-refractivity contribution in [2.24, 2.45) is 5.10 Å². The van der Waals surface area contributed by atoms with E-state index in [9.17, 15) is 4.79 Å². The van der Waals surface area contributed by atoms with Gasteiger partial charge in [0.25, 0.3) is 0 Å². The number of hydrogen-bond acceptors (Lipinski definition) is 7. The lowest BCUT2D eigenvalue weighted by atomic mass is 10.2. The summed E-state index contributed by atoms with van der Waals surface area (Å²) in [6.45, 7) is 2.12. The van der Waals surface area contributed by atoms with Crippen LogP contribution in [-0.2, 0) is 16.0 Å². The molecule has 2 aromatic carbocycles. The molecule has 0 saturated carbocycles. The van der Waals surface area contributed by atoms with E-state index in [1.165, 1.54) is 11.3 Å². The molecule has 0 amide bonds. The summed E-state index contributed by atoms with van der Waals surface area (Å²) in [7, 11) is 0. The highest BCUT2D eigenvalue weighted by atomic mass is 35.5. The third kappa shape index (κ3) is 6.74. The standard InChI is InChI=1S/C20H17Cl2N3O3S/c1-2-27-19(26)10-16-12-29-20(24-16)25-23-11-13-4-3-5-17(6-13)28-18-8-14(21)7-15(22)9-18/h3-9,11-12H,2,10H2,1H3,(H,24,25). The highest BCUT2D eigenvalue weighted by Gasteiger charge is 2.08. The molecule has 0 saturated heterocycles. The van der Waals surface area contributed by atoms with Gasteiger partial charge in [0.05, 0.1) is 24.9 Å². The van der Waals surface area contributed by atoms with Gasteiger partial charge in [0, 0.05) is 15.4 Å². The Morgan fingerprint density at radius 2 is 2.00 bits per heavy atom. The first-order valence-corrected chi connectivity index (χ1v) is 10.3. The van der Waals surface area contributed by atoms with Gasteiger partial charge in [-0.15, -0.1) is 11.3 Å². The van der Waals surface area contributed by atoms with Crippen LogP contribution in [0.5, 0.6) is 11.5 Å². The minimum absolute atomic E-state index is 0.142. The number of esters is 1. The highest BCUT2D eigenvalue weighted by Crippen LogP contribution is 2.28.